The summed E-state index contributed by atoms with van der Waals surface area (Å²) in [7, 11) is 1.58. The van der Waals surface area contributed by atoms with Crippen LogP contribution in [0.3, 0.4) is 0 Å². The van der Waals surface area contributed by atoms with E-state index in [1.807, 2.05) is 30.3 Å². The molecule has 2 aromatic rings. The number of rotatable bonds is 9. The molecule has 0 heterocycles. The highest BCUT2D eigenvalue weighted by atomic mass is 16.5. The second kappa shape index (κ2) is 10.4. The van der Waals surface area contributed by atoms with Gasteiger partial charge in [-0.25, -0.2) is 4.79 Å². The predicted octanol–water partition coefficient (Wildman–Crippen LogP) is 3.98. The summed E-state index contributed by atoms with van der Waals surface area (Å²) in [6.07, 6.45) is 0.927. The van der Waals surface area contributed by atoms with E-state index in [0.717, 1.165) is 12.0 Å². The summed E-state index contributed by atoms with van der Waals surface area (Å²) in [6, 6.07) is 13.7. The molecule has 0 saturated heterocycles. The summed E-state index contributed by atoms with van der Waals surface area (Å²) >= 11 is 0. The van der Waals surface area contributed by atoms with Crippen LogP contribution in [0.4, 0.5) is 10.5 Å². The molecule has 1 atom stereocenters. The number of ether oxygens (including phenoxy) is 2. The second-order valence-electron chi connectivity index (χ2n) is 6.64. The SMILES string of the molecule is COc1ccc(NC(=O)N[C@@H](CO)c2ccccc2)cc1OCCC(C)C. The van der Waals surface area contributed by atoms with Gasteiger partial charge in [-0.15, -0.1) is 0 Å². The summed E-state index contributed by atoms with van der Waals surface area (Å²) < 4.78 is 11.1. The topological polar surface area (TPSA) is 79.8 Å². The van der Waals surface area contributed by atoms with Gasteiger partial charge in [0.05, 0.1) is 26.4 Å². The Morgan fingerprint density at radius 1 is 1.11 bits per heavy atom. The first kappa shape index (κ1) is 20.6. The first-order valence-corrected chi connectivity index (χ1v) is 9.07. The van der Waals surface area contributed by atoms with Crippen LogP contribution in [0.1, 0.15) is 31.9 Å². The average Bonchev–Trinajstić information content (AvgIpc) is 2.66. The zero-order valence-corrected chi connectivity index (χ0v) is 16.1. The van der Waals surface area contributed by atoms with Crippen LogP contribution in [0.15, 0.2) is 48.5 Å². The van der Waals surface area contributed by atoms with Gasteiger partial charge in [0.1, 0.15) is 0 Å². The molecule has 2 rings (SSSR count). The molecule has 146 valence electrons. The van der Waals surface area contributed by atoms with Crippen molar-refractivity contribution < 1.29 is 19.4 Å². The Hall–Kier alpha value is -2.73. The lowest BCUT2D eigenvalue weighted by Crippen LogP contribution is -2.34. The van der Waals surface area contributed by atoms with Crippen LogP contribution in [-0.4, -0.2) is 31.5 Å². The van der Waals surface area contributed by atoms with Gasteiger partial charge >= 0.3 is 6.03 Å². The summed E-state index contributed by atoms with van der Waals surface area (Å²) in [5.74, 6) is 1.73. The number of carbonyl (C=O) groups is 1. The molecule has 0 bridgehead atoms. The monoisotopic (exact) mass is 372 g/mol. The molecule has 0 aliphatic heterocycles. The van der Waals surface area contributed by atoms with Gasteiger partial charge in [0.25, 0.3) is 0 Å². The van der Waals surface area contributed by atoms with Crippen molar-refractivity contribution in [3.8, 4) is 11.5 Å². The molecule has 3 N–H and O–H groups in total. The fraction of sp³-hybridized carbons (Fsp3) is 0.381. The van der Waals surface area contributed by atoms with E-state index in [9.17, 15) is 9.90 Å². The third-order valence-electron chi connectivity index (χ3n) is 4.06. The number of methoxy groups -OCH3 is 1. The standard InChI is InChI=1S/C21H28N2O4/c1-15(2)11-12-27-20-13-17(9-10-19(20)26-3)22-21(25)23-18(14-24)16-7-5-4-6-8-16/h4-10,13,15,18,24H,11-12,14H2,1-3H3,(H2,22,23,25)/t18-/m0/s1. The Morgan fingerprint density at radius 3 is 2.48 bits per heavy atom. The maximum Gasteiger partial charge on any atom is 0.319 e. The Balaban J connectivity index is 2.01. The number of amides is 2. The first-order valence-electron chi connectivity index (χ1n) is 9.07. The number of nitrogens with one attached hydrogen (secondary N) is 2. The van der Waals surface area contributed by atoms with E-state index in [-0.39, 0.29) is 6.61 Å². The Kier molecular flexibility index (Phi) is 7.95. The molecule has 0 aliphatic carbocycles. The quantitative estimate of drug-likeness (QED) is 0.622. The highest BCUT2D eigenvalue weighted by molar-refractivity contribution is 5.90. The van der Waals surface area contributed by atoms with Crippen LogP contribution in [0.5, 0.6) is 11.5 Å². The fourth-order valence-corrected chi connectivity index (χ4v) is 2.52. The third-order valence-corrected chi connectivity index (χ3v) is 4.06. The minimum Gasteiger partial charge on any atom is -0.493 e. The lowest BCUT2D eigenvalue weighted by atomic mass is 10.1. The number of hydrogen-bond donors (Lipinski definition) is 3. The highest BCUT2D eigenvalue weighted by Crippen LogP contribution is 2.30. The Morgan fingerprint density at radius 2 is 1.85 bits per heavy atom. The average molecular weight is 372 g/mol. The van der Waals surface area contributed by atoms with E-state index < -0.39 is 12.1 Å². The number of anilines is 1. The van der Waals surface area contributed by atoms with Crippen LogP contribution in [-0.2, 0) is 0 Å². The Bertz CT molecular complexity index is 719. The molecule has 0 aromatic heterocycles. The second-order valence-corrected chi connectivity index (χ2v) is 6.64. The van der Waals surface area contributed by atoms with Gasteiger partial charge in [-0.1, -0.05) is 44.2 Å². The van der Waals surface area contributed by atoms with Crippen molar-refractivity contribution in [3.63, 3.8) is 0 Å². The van der Waals surface area contributed by atoms with Gasteiger partial charge in [-0.3, -0.25) is 0 Å². The largest absolute Gasteiger partial charge is 0.493 e. The molecular weight excluding hydrogens is 344 g/mol. The molecule has 2 amide bonds. The number of carbonyl (C=O) groups excluding carboxylic acids is 1. The molecule has 6 nitrogen and oxygen atoms in total. The van der Waals surface area contributed by atoms with E-state index in [4.69, 9.17) is 9.47 Å². The first-order chi connectivity index (χ1) is 13.0. The van der Waals surface area contributed by atoms with Crippen molar-refractivity contribution in [1.29, 1.82) is 0 Å². The molecule has 0 spiro atoms. The molecule has 0 aliphatic rings. The lowest BCUT2D eigenvalue weighted by Gasteiger charge is -2.18. The summed E-state index contributed by atoms with van der Waals surface area (Å²) in [5.41, 5.74) is 1.42. The van der Waals surface area contributed by atoms with Crippen molar-refractivity contribution in [2.45, 2.75) is 26.3 Å². The minimum absolute atomic E-state index is 0.191. The van der Waals surface area contributed by atoms with Crippen LogP contribution in [0.25, 0.3) is 0 Å². The molecule has 0 saturated carbocycles. The van der Waals surface area contributed by atoms with Gasteiger partial charge < -0.3 is 25.2 Å². The third kappa shape index (κ3) is 6.49. The Labute approximate surface area is 160 Å². The van der Waals surface area contributed by atoms with Crippen molar-refractivity contribution in [1.82, 2.24) is 5.32 Å². The fourth-order valence-electron chi connectivity index (χ4n) is 2.52. The maximum absolute atomic E-state index is 12.3. The lowest BCUT2D eigenvalue weighted by molar-refractivity contribution is 0.225. The molecule has 27 heavy (non-hydrogen) atoms. The van der Waals surface area contributed by atoms with Crippen molar-refractivity contribution in [3.05, 3.63) is 54.1 Å². The van der Waals surface area contributed by atoms with Crippen molar-refractivity contribution in [2.24, 2.45) is 5.92 Å². The number of aliphatic hydroxyl groups is 1. The summed E-state index contributed by atoms with van der Waals surface area (Å²) in [5, 5.41) is 15.1. The number of benzene rings is 2. The minimum atomic E-state index is -0.480. The van der Waals surface area contributed by atoms with Crippen LogP contribution in [0.2, 0.25) is 0 Å². The van der Waals surface area contributed by atoms with Gasteiger partial charge in [0.2, 0.25) is 0 Å². The van der Waals surface area contributed by atoms with Crippen LogP contribution >= 0.6 is 0 Å². The zero-order chi connectivity index (χ0) is 19.6. The van der Waals surface area contributed by atoms with E-state index in [0.29, 0.717) is 29.7 Å². The smallest absolute Gasteiger partial charge is 0.319 e. The van der Waals surface area contributed by atoms with Crippen molar-refractivity contribution in [2.75, 3.05) is 25.6 Å². The molecule has 0 unspecified atom stereocenters. The number of urea groups is 1. The number of hydrogen-bond acceptors (Lipinski definition) is 4. The molecule has 6 heteroatoms. The number of aliphatic hydroxyl groups excluding tert-OH is 1. The van der Waals surface area contributed by atoms with E-state index in [2.05, 4.69) is 24.5 Å². The molecular formula is C21H28N2O4. The summed E-state index contributed by atoms with van der Waals surface area (Å²) in [4.78, 5) is 12.3. The van der Waals surface area contributed by atoms with Gasteiger partial charge in [0, 0.05) is 11.8 Å². The van der Waals surface area contributed by atoms with Gasteiger partial charge in [-0.05, 0) is 30.0 Å². The normalized spacial score (nSPS) is 11.7. The van der Waals surface area contributed by atoms with Crippen LogP contribution in [0, 0.1) is 5.92 Å². The molecule has 0 radical (unpaired) electrons. The van der Waals surface area contributed by atoms with E-state index >= 15 is 0 Å². The van der Waals surface area contributed by atoms with Crippen molar-refractivity contribution >= 4 is 11.7 Å². The van der Waals surface area contributed by atoms with E-state index in [1.165, 1.54) is 0 Å². The zero-order valence-electron chi connectivity index (χ0n) is 16.1. The highest BCUT2D eigenvalue weighted by Gasteiger charge is 2.14. The van der Waals surface area contributed by atoms with Crippen LogP contribution < -0.4 is 20.1 Å². The summed E-state index contributed by atoms with van der Waals surface area (Å²) in [6.45, 7) is 4.65. The van der Waals surface area contributed by atoms with Gasteiger partial charge in [-0.2, -0.15) is 0 Å². The van der Waals surface area contributed by atoms with E-state index in [1.54, 1.807) is 25.3 Å². The molecule has 2 aromatic carbocycles. The van der Waals surface area contributed by atoms with Gasteiger partial charge in [0.15, 0.2) is 11.5 Å². The molecule has 0 fully saturated rings. The maximum atomic E-state index is 12.3. The predicted molar refractivity (Wildman–Crippen MR) is 106 cm³/mol.